The summed E-state index contributed by atoms with van der Waals surface area (Å²) < 4.78 is 14.7. The second-order valence-corrected chi connectivity index (χ2v) is 4.25. The minimum atomic E-state index is -1.05. The van der Waals surface area contributed by atoms with Crippen molar-refractivity contribution in [3.63, 3.8) is 0 Å². The summed E-state index contributed by atoms with van der Waals surface area (Å²) in [6, 6.07) is 5.96. The van der Waals surface area contributed by atoms with Gasteiger partial charge in [0.25, 0.3) is 0 Å². The van der Waals surface area contributed by atoms with Crippen molar-refractivity contribution in [2.75, 3.05) is 11.9 Å². The smallest absolute Gasteiger partial charge is 0.341 e. The molecule has 19 heavy (non-hydrogen) atoms. The van der Waals surface area contributed by atoms with E-state index in [2.05, 4.69) is 5.10 Å². The number of benzene rings is 1. The molecule has 1 aromatic heterocycles. The Labute approximate surface area is 109 Å². The lowest BCUT2D eigenvalue weighted by Gasteiger charge is -2.20. The van der Waals surface area contributed by atoms with E-state index in [1.807, 2.05) is 0 Å². The molecule has 0 saturated heterocycles. The van der Waals surface area contributed by atoms with Crippen LogP contribution in [0.3, 0.4) is 0 Å². The fourth-order valence-electron chi connectivity index (χ4n) is 2.09. The predicted molar refractivity (Wildman–Crippen MR) is 69.4 cm³/mol. The maximum Gasteiger partial charge on any atom is 0.341 e. The fourth-order valence-corrected chi connectivity index (χ4v) is 2.09. The molecule has 0 spiro atoms. The van der Waals surface area contributed by atoms with E-state index in [0.29, 0.717) is 17.2 Å². The zero-order chi connectivity index (χ0) is 14.2. The van der Waals surface area contributed by atoms with Crippen molar-refractivity contribution in [1.82, 2.24) is 9.78 Å². The maximum absolute atomic E-state index is 13.2. The second-order valence-electron chi connectivity index (χ2n) is 4.25. The monoisotopic (exact) mass is 263 g/mol. The van der Waals surface area contributed by atoms with Crippen molar-refractivity contribution in [2.24, 2.45) is 7.05 Å². The maximum atomic E-state index is 13.2. The molecule has 1 heterocycles. The van der Waals surface area contributed by atoms with Gasteiger partial charge in [0.15, 0.2) is 0 Å². The molecule has 0 aliphatic carbocycles. The summed E-state index contributed by atoms with van der Waals surface area (Å²) in [4.78, 5) is 12.9. The summed E-state index contributed by atoms with van der Waals surface area (Å²) >= 11 is 0. The summed E-state index contributed by atoms with van der Waals surface area (Å²) in [6.07, 6.45) is 0. The standard InChI is InChI=1S/C13H14FN3O2/c1-8-11(13(18)19)12(17(3)15-8)16(2)10-6-4-5-9(14)7-10/h4-7H,1-3H3,(H,18,19). The van der Waals surface area contributed by atoms with Gasteiger partial charge in [-0.25, -0.2) is 9.18 Å². The molecule has 0 fully saturated rings. The Bertz CT molecular complexity index is 637. The van der Waals surface area contributed by atoms with Crippen molar-refractivity contribution in [3.8, 4) is 0 Å². The highest BCUT2D eigenvalue weighted by Gasteiger charge is 2.23. The van der Waals surface area contributed by atoms with Crippen molar-refractivity contribution in [1.29, 1.82) is 0 Å². The quantitative estimate of drug-likeness (QED) is 0.923. The van der Waals surface area contributed by atoms with Crippen molar-refractivity contribution < 1.29 is 14.3 Å². The number of nitrogens with zero attached hydrogens (tertiary/aromatic N) is 3. The average Bonchev–Trinajstić information content (AvgIpc) is 2.63. The third kappa shape index (κ3) is 2.29. The van der Waals surface area contributed by atoms with Crippen molar-refractivity contribution in [3.05, 3.63) is 41.3 Å². The van der Waals surface area contributed by atoms with Gasteiger partial charge in [-0.3, -0.25) is 4.68 Å². The van der Waals surface area contributed by atoms with Crippen molar-refractivity contribution in [2.45, 2.75) is 6.92 Å². The number of aromatic nitrogens is 2. The van der Waals surface area contributed by atoms with Crippen LogP contribution in [0.1, 0.15) is 16.1 Å². The Morgan fingerprint density at radius 3 is 2.74 bits per heavy atom. The minimum absolute atomic E-state index is 0.120. The van der Waals surface area contributed by atoms with Crippen LogP contribution in [0.5, 0.6) is 0 Å². The molecule has 0 bridgehead atoms. The van der Waals surface area contributed by atoms with Crippen LogP contribution in [-0.2, 0) is 7.05 Å². The van der Waals surface area contributed by atoms with Crippen LogP contribution in [-0.4, -0.2) is 27.9 Å². The molecule has 2 rings (SSSR count). The Morgan fingerprint density at radius 2 is 2.16 bits per heavy atom. The van der Waals surface area contributed by atoms with Crippen molar-refractivity contribution >= 4 is 17.5 Å². The van der Waals surface area contributed by atoms with E-state index in [0.717, 1.165) is 0 Å². The summed E-state index contributed by atoms with van der Waals surface area (Å²) in [7, 11) is 3.34. The third-order valence-corrected chi connectivity index (χ3v) is 2.92. The van der Waals surface area contributed by atoms with Crippen LogP contribution in [0.25, 0.3) is 0 Å². The SMILES string of the molecule is Cc1nn(C)c(N(C)c2cccc(F)c2)c1C(=O)O. The normalized spacial score (nSPS) is 10.5. The molecule has 1 aromatic carbocycles. The number of halogens is 1. The molecule has 0 amide bonds. The van der Waals surface area contributed by atoms with Crippen LogP contribution in [0.2, 0.25) is 0 Å². The van der Waals surface area contributed by atoms with E-state index in [1.165, 1.54) is 16.8 Å². The molecule has 0 radical (unpaired) electrons. The number of hydrogen-bond donors (Lipinski definition) is 1. The van der Waals surface area contributed by atoms with Gasteiger partial charge in [0.05, 0.1) is 5.69 Å². The molecule has 6 heteroatoms. The Kier molecular flexibility index (Phi) is 3.25. The number of carbonyl (C=O) groups is 1. The molecule has 0 atom stereocenters. The first-order valence-corrected chi connectivity index (χ1v) is 5.68. The van der Waals surface area contributed by atoms with E-state index >= 15 is 0 Å². The first kappa shape index (κ1) is 13.1. The lowest BCUT2D eigenvalue weighted by Crippen LogP contribution is -2.17. The third-order valence-electron chi connectivity index (χ3n) is 2.92. The highest BCUT2D eigenvalue weighted by atomic mass is 19.1. The molecule has 2 aromatic rings. The van der Waals surface area contributed by atoms with Gasteiger partial charge in [0, 0.05) is 19.8 Å². The molecule has 100 valence electrons. The molecule has 0 aliphatic rings. The molecule has 5 nitrogen and oxygen atoms in total. The van der Waals surface area contributed by atoms with E-state index in [9.17, 15) is 14.3 Å². The topological polar surface area (TPSA) is 58.4 Å². The Hall–Kier alpha value is -2.37. The van der Waals surface area contributed by atoms with Gasteiger partial charge in [0.2, 0.25) is 0 Å². The van der Waals surface area contributed by atoms with Gasteiger partial charge in [-0.15, -0.1) is 0 Å². The summed E-state index contributed by atoms with van der Waals surface area (Å²) in [5.41, 5.74) is 1.10. The van der Waals surface area contributed by atoms with Gasteiger partial charge in [-0.1, -0.05) is 6.07 Å². The zero-order valence-electron chi connectivity index (χ0n) is 10.9. The lowest BCUT2D eigenvalue weighted by molar-refractivity contribution is 0.0697. The second kappa shape index (κ2) is 4.72. The highest BCUT2D eigenvalue weighted by molar-refractivity contribution is 5.95. The summed E-state index contributed by atoms with van der Waals surface area (Å²) in [5.74, 6) is -1.01. The van der Waals surface area contributed by atoms with Gasteiger partial charge in [0.1, 0.15) is 17.2 Å². The van der Waals surface area contributed by atoms with Crippen LogP contribution >= 0.6 is 0 Å². The summed E-state index contributed by atoms with van der Waals surface area (Å²) in [5, 5.41) is 13.4. The molecular weight excluding hydrogens is 249 g/mol. The van der Waals surface area contributed by atoms with E-state index in [4.69, 9.17) is 0 Å². The van der Waals surface area contributed by atoms with Gasteiger partial charge < -0.3 is 10.0 Å². The lowest BCUT2D eigenvalue weighted by atomic mass is 10.2. The predicted octanol–water partition coefficient (Wildman–Crippen LogP) is 2.33. The first-order valence-electron chi connectivity index (χ1n) is 5.68. The van der Waals surface area contributed by atoms with Gasteiger partial charge >= 0.3 is 5.97 Å². The minimum Gasteiger partial charge on any atom is -0.477 e. The van der Waals surface area contributed by atoms with E-state index < -0.39 is 5.97 Å². The van der Waals surface area contributed by atoms with Gasteiger partial charge in [-0.2, -0.15) is 5.10 Å². The van der Waals surface area contributed by atoms with E-state index in [-0.39, 0.29) is 11.4 Å². The van der Waals surface area contributed by atoms with E-state index in [1.54, 1.807) is 38.1 Å². The fraction of sp³-hybridized carbons (Fsp3) is 0.231. The van der Waals surface area contributed by atoms with Crippen LogP contribution in [0.4, 0.5) is 15.9 Å². The molecule has 0 saturated carbocycles. The molecule has 0 aliphatic heterocycles. The average molecular weight is 263 g/mol. The summed E-state index contributed by atoms with van der Waals surface area (Å²) in [6.45, 7) is 1.63. The first-order chi connectivity index (χ1) is 8.91. The largest absolute Gasteiger partial charge is 0.477 e. The zero-order valence-corrected chi connectivity index (χ0v) is 10.9. The number of rotatable bonds is 3. The molecule has 1 N–H and O–H groups in total. The number of hydrogen-bond acceptors (Lipinski definition) is 3. The van der Waals surface area contributed by atoms with Crippen LogP contribution < -0.4 is 4.90 Å². The number of carboxylic acid groups (broad SMARTS) is 1. The number of carboxylic acids is 1. The Morgan fingerprint density at radius 1 is 1.47 bits per heavy atom. The number of aromatic carboxylic acids is 1. The molecular formula is C13H14FN3O2. The molecule has 0 unspecified atom stereocenters. The van der Waals surface area contributed by atoms with Crippen LogP contribution in [0.15, 0.2) is 24.3 Å². The highest BCUT2D eigenvalue weighted by Crippen LogP contribution is 2.28. The Balaban J connectivity index is 2.55. The number of anilines is 2. The van der Waals surface area contributed by atoms with Gasteiger partial charge in [-0.05, 0) is 25.1 Å². The van der Waals surface area contributed by atoms with Crippen LogP contribution in [0, 0.1) is 12.7 Å². The number of aryl methyl sites for hydroxylation is 2.